The number of nitrogens with one attached hydrogen (secondary N) is 2. The number of rotatable bonds is 7. The molecule has 2 aliphatic rings. The van der Waals surface area contributed by atoms with Gasteiger partial charge in [-0.1, -0.05) is 6.92 Å². The number of esters is 1. The molecule has 0 saturated carbocycles. The summed E-state index contributed by atoms with van der Waals surface area (Å²) in [6.07, 6.45) is 5.47. The smallest absolute Gasteiger partial charge is 0.310 e. The molecule has 7 nitrogen and oxygen atoms in total. The number of ether oxygens (including phenoxy) is 1. The zero-order chi connectivity index (χ0) is 18.9. The van der Waals surface area contributed by atoms with E-state index in [9.17, 15) is 14.4 Å². The van der Waals surface area contributed by atoms with Crippen LogP contribution in [0.4, 0.5) is 0 Å². The number of nitrogens with zero attached hydrogens (tertiary/aromatic N) is 1. The second-order valence-corrected chi connectivity index (χ2v) is 7.58. The van der Waals surface area contributed by atoms with Gasteiger partial charge in [0.15, 0.2) is 0 Å². The molecule has 0 radical (unpaired) electrons. The number of methoxy groups -OCH3 is 1. The summed E-state index contributed by atoms with van der Waals surface area (Å²) in [5, 5.41) is 6.17. The predicted molar refractivity (Wildman–Crippen MR) is 98.3 cm³/mol. The lowest BCUT2D eigenvalue weighted by Gasteiger charge is -2.33. The van der Waals surface area contributed by atoms with Gasteiger partial charge in [-0.2, -0.15) is 0 Å². The fourth-order valence-corrected chi connectivity index (χ4v) is 3.76. The molecule has 2 N–H and O–H groups in total. The van der Waals surface area contributed by atoms with Crippen LogP contribution in [0.15, 0.2) is 0 Å². The molecule has 0 aromatic heterocycles. The maximum Gasteiger partial charge on any atom is 0.310 e. The van der Waals surface area contributed by atoms with Crippen LogP contribution in [0.2, 0.25) is 0 Å². The molecule has 2 fully saturated rings. The quantitative estimate of drug-likeness (QED) is 0.654. The average Bonchev–Trinajstić information content (AvgIpc) is 2.70. The topological polar surface area (TPSA) is 87.7 Å². The lowest BCUT2D eigenvalue weighted by Crippen LogP contribution is -2.46. The fourth-order valence-electron chi connectivity index (χ4n) is 3.76. The third-order valence-corrected chi connectivity index (χ3v) is 5.56. The highest BCUT2D eigenvalue weighted by Crippen LogP contribution is 2.21. The average molecular weight is 367 g/mol. The number of likely N-dealkylation sites (tertiary alicyclic amines) is 1. The second kappa shape index (κ2) is 10.5. The Labute approximate surface area is 156 Å². The summed E-state index contributed by atoms with van der Waals surface area (Å²) in [4.78, 5) is 38.2. The van der Waals surface area contributed by atoms with Gasteiger partial charge in [0.05, 0.1) is 18.9 Å². The van der Waals surface area contributed by atoms with Gasteiger partial charge < -0.3 is 20.3 Å². The van der Waals surface area contributed by atoms with Crippen molar-refractivity contribution >= 4 is 17.8 Å². The van der Waals surface area contributed by atoms with Crippen LogP contribution < -0.4 is 10.6 Å². The van der Waals surface area contributed by atoms with Crippen LogP contribution in [0.5, 0.6) is 0 Å². The normalized spacial score (nSPS) is 22.5. The second-order valence-electron chi connectivity index (χ2n) is 7.58. The van der Waals surface area contributed by atoms with Crippen molar-refractivity contribution in [3.8, 4) is 0 Å². The van der Waals surface area contributed by atoms with Crippen molar-refractivity contribution in [3.05, 3.63) is 0 Å². The number of hydrogen-bond acceptors (Lipinski definition) is 5. The van der Waals surface area contributed by atoms with Crippen LogP contribution in [0.1, 0.15) is 45.4 Å². The van der Waals surface area contributed by atoms with Gasteiger partial charge in [-0.25, -0.2) is 0 Å². The standard InChI is InChI=1S/C19H33N3O4/c1-14(19(25)26-2)12-21-18(24)16-4-3-11-22(13-16)17(23)6-5-15-7-9-20-10-8-15/h14-16,20H,3-13H2,1-2H3,(H,21,24)/t14-,16-/m1/s1. The Bertz CT molecular complexity index is 491. The molecule has 2 saturated heterocycles. The maximum atomic E-state index is 12.5. The molecule has 0 bridgehead atoms. The first-order chi connectivity index (χ1) is 12.5. The van der Waals surface area contributed by atoms with Crippen molar-refractivity contribution in [1.29, 1.82) is 0 Å². The van der Waals surface area contributed by atoms with Crippen LogP contribution in [0.3, 0.4) is 0 Å². The Balaban J connectivity index is 1.73. The van der Waals surface area contributed by atoms with Crippen molar-refractivity contribution < 1.29 is 19.1 Å². The summed E-state index contributed by atoms with van der Waals surface area (Å²) >= 11 is 0. The van der Waals surface area contributed by atoms with Gasteiger partial charge in [0, 0.05) is 26.1 Å². The molecule has 26 heavy (non-hydrogen) atoms. The molecule has 0 aliphatic carbocycles. The van der Waals surface area contributed by atoms with Crippen molar-refractivity contribution in [1.82, 2.24) is 15.5 Å². The van der Waals surface area contributed by atoms with Gasteiger partial charge in [0.25, 0.3) is 0 Å². The zero-order valence-electron chi connectivity index (χ0n) is 16.1. The summed E-state index contributed by atoms with van der Waals surface area (Å²) in [6.45, 7) is 5.33. The Morgan fingerprint density at radius 3 is 2.65 bits per heavy atom. The van der Waals surface area contributed by atoms with Gasteiger partial charge >= 0.3 is 5.97 Å². The van der Waals surface area contributed by atoms with Gasteiger partial charge in [0.2, 0.25) is 11.8 Å². The minimum Gasteiger partial charge on any atom is -0.469 e. The first kappa shape index (κ1) is 20.7. The van der Waals surface area contributed by atoms with E-state index in [1.54, 1.807) is 6.92 Å². The van der Waals surface area contributed by atoms with Crippen LogP contribution >= 0.6 is 0 Å². The molecule has 0 unspecified atom stereocenters. The Kier molecular flexibility index (Phi) is 8.35. The molecule has 2 amide bonds. The fraction of sp³-hybridized carbons (Fsp3) is 0.842. The summed E-state index contributed by atoms with van der Waals surface area (Å²) < 4.78 is 4.67. The minimum absolute atomic E-state index is 0.0726. The van der Waals surface area contributed by atoms with E-state index in [0.29, 0.717) is 18.9 Å². The van der Waals surface area contributed by atoms with Gasteiger partial charge in [-0.05, 0) is 51.1 Å². The third-order valence-electron chi connectivity index (χ3n) is 5.56. The molecule has 2 heterocycles. The van der Waals surface area contributed by atoms with E-state index in [1.807, 2.05) is 4.90 Å². The molecule has 0 aromatic carbocycles. The molecule has 2 rings (SSSR count). The van der Waals surface area contributed by atoms with E-state index in [4.69, 9.17) is 0 Å². The van der Waals surface area contributed by atoms with Crippen molar-refractivity contribution in [3.63, 3.8) is 0 Å². The number of hydrogen-bond donors (Lipinski definition) is 2. The molecule has 2 aliphatic heterocycles. The van der Waals surface area contributed by atoms with Crippen LogP contribution in [0, 0.1) is 17.8 Å². The van der Waals surface area contributed by atoms with Crippen molar-refractivity contribution in [2.45, 2.75) is 45.4 Å². The van der Waals surface area contributed by atoms with Crippen molar-refractivity contribution in [2.75, 3.05) is 39.8 Å². The first-order valence-corrected chi connectivity index (χ1v) is 9.85. The van der Waals surface area contributed by atoms with E-state index in [2.05, 4.69) is 15.4 Å². The van der Waals surface area contributed by atoms with Crippen LogP contribution in [0.25, 0.3) is 0 Å². The monoisotopic (exact) mass is 367 g/mol. The first-order valence-electron chi connectivity index (χ1n) is 9.85. The number of amides is 2. The molecule has 2 atom stereocenters. The Morgan fingerprint density at radius 1 is 1.23 bits per heavy atom. The van der Waals surface area contributed by atoms with Crippen molar-refractivity contribution in [2.24, 2.45) is 17.8 Å². The number of piperidine rings is 2. The molecule has 0 aromatic rings. The summed E-state index contributed by atoms with van der Waals surface area (Å²) in [7, 11) is 1.34. The molecule has 0 spiro atoms. The predicted octanol–water partition coefficient (Wildman–Crippen LogP) is 0.930. The summed E-state index contributed by atoms with van der Waals surface area (Å²) in [5.74, 6) is -0.139. The SMILES string of the molecule is COC(=O)[C@H](C)CNC(=O)[C@@H]1CCCN(C(=O)CCC2CCNCC2)C1. The lowest BCUT2D eigenvalue weighted by molar-refractivity contribution is -0.144. The zero-order valence-corrected chi connectivity index (χ0v) is 16.1. The van der Waals surface area contributed by atoms with E-state index in [0.717, 1.165) is 51.7 Å². The van der Waals surface area contributed by atoms with E-state index in [-0.39, 0.29) is 36.2 Å². The summed E-state index contributed by atoms with van der Waals surface area (Å²) in [6, 6.07) is 0. The lowest BCUT2D eigenvalue weighted by atomic mass is 9.92. The maximum absolute atomic E-state index is 12.5. The molecule has 148 valence electrons. The highest BCUT2D eigenvalue weighted by Gasteiger charge is 2.29. The number of carbonyl (C=O) groups is 3. The van der Waals surface area contributed by atoms with E-state index >= 15 is 0 Å². The van der Waals surface area contributed by atoms with Gasteiger partial charge in [0.1, 0.15) is 0 Å². The van der Waals surface area contributed by atoms with E-state index in [1.165, 1.54) is 7.11 Å². The Hall–Kier alpha value is -1.63. The largest absolute Gasteiger partial charge is 0.469 e. The molecular formula is C19H33N3O4. The van der Waals surface area contributed by atoms with Gasteiger partial charge in [-0.3, -0.25) is 14.4 Å². The third kappa shape index (κ3) is 6.27. The molecular weight excluding hydrogens is 334 g/mol. The highest BCUT2D eigenvalue weighted by atomic mass is 16.5. The highest BCUT2D eigenvalue weighted by molar-refractivity contribution is 5.82. The van der Waals surface area contributed by atoms with Crippen LogP contribution in [-0.4, -0.2) is 62.5 Å². The summed E-state index contributed by atoms with van der Waals surface area (Å²) in [5.41, 5.74) is 0. The van der Waals surface area contributed by atoms with Gasteiger partial charge in [-0.15, -0.1) is 0 Å². The Morgan fingerprint density at radius 2 is 1.96 bits per heavy atom. The van der Waals surface area contributed by atoms with E-state index < -0.39 is 0 Å². The molecule has 7 heteroatoms. The number of carbonyl (C=O) groups excluding carboxylic acids is 3. The minimum atomic E-state index is -0.366. The van der Waals surface area contributed by atoms with Crippen LogP contribution in [-0.2, 0) is 19.1 Å².